The molecule has 0 aliphatic carbocycles. The Morgan fingerprint density at radius 3 is 2.42 bits per heavy atom. The van der Waals surface area contributed by atoms with E-state index in [2.05, 4.69) is 5.32 Å². The Morgan fingerprint density at radius 1 is 1.10 bits per heavy atom. The molecule has 0 aliphatic rings. The third-order valence-electron chi connectivity index (χ3n) is 4.02. The lowest BCUT2D eigenvalue weighted by molar-refractivity contribution is -0.384. The maximum absolute atomic E-state index is 12.1. The van der Waals surface area contributed by atoms with Crippen LogP contribution < -0.4 is 11.1 Å². The van der Waals surface area contributed by atoms with Crippen molar-refractivity contribution in [3.05, 3.63) is 81.1 Å². The highest BCUT2D eigenvalue weighted by Gasteiger charge is 2.18. The van der Waals surface area contributed by atoms with E-state index >= 15 is 0 Å². The number of nitrogens with one attached hydrogen (secondary N) is 1. The molecule has 2 aromatic carbocycles. The number of halogens is 1. The number of esters is 1. The summed E-state index contributed by atoms with van der Waals surface area (Å²) in [6.07, 6.45) is 0. The summed E-state index contributed by atoms with van der Waals surface area (Å²) in [4.78, 5) is 45.3. The minimum atomic E-state index is -0.886. The Labute approximate surface area is 179 Å². The molecule has 0 radical (unpaired) electrons. The van der Waals surface area contributed by atoms with E-state index in [0.29, 0.717) is 11.3 Å². The fourth-order valence-electron chi connectivity index (χ4n) is 2.53. The third kappa shape index (κ3) is 5.25. The number of ether oxygens (including phenoxy) is 1. The highest BCUT2D eigenvalue weighted by atomic mass is 35.5. The maximum Gasteiger partial charge on any atom is 0.374 e. The normalized spacial score (nSPS) is 10.4. The van der Waals surface area contributed by atoms with Gasteiger partial charge in [0, 0.05) is 28.9 Å². The number of nitro groups is 1. The second kappa shape index (κ2) is 9.09. The molecule has 0 atom stereocenters. The lowest BCUT2D eigenvalue weighted by Gasteiger charge is -2.06. The van der Waals surface area contributed by atoms with Crippen LogP contribution in [0.5, 0.6) is 0 Å². The summed E-state index contributed by atoms with van der Waals surface area (Å²) >= 11 is 6.04. The number of furan rings is 1. The number of nitrogens with two attached hydrogens (primary N) is 1. The number of benzene rings is 2. The van der Waals surface area contributed by atoms with Crippen molar-refractivity contribution in [3.63, 3.8) is 0 Å². The van der Waals surface area contributed by atoms with Crippen LogP contribution in [-0.4, -0.2) is 29.3 Å². The van der Waals surface area contributed by atoms with Gasteiger partial charge in [-0.1, -0.05) is 11.6 Å². The van der Waals surface area contributed by atoms with Gasteiger partial charge in [-0.3, -0.25) is 19.7 Å². The van der Waals surface area contributed by atoms with E-state index in [0.717, 1.165) is 6.07 Å². The Morgan fingerprint density at radius 2 is 1.81 bits per heavy atom. The highest BCUT2D eigenvalue weighted by Crippen LogP contribution is 2.32. The first-order chi connectivity index (χ1) is 14.7. The molecular formula is C20H14ClN3O7. The van der Waals surface area contributed by atoms with Crippen LogP contribution in [0.2, 0.25) is 5.02 Å². The van der Waals surface area contributed by atoms with Crippen molar-refractivity contribution >= 4 is 40.8 Å². The molecular weight excluding hydrogens is 430 g/mol. The first-order valence-corrected chi connectivity index (χ1v) is 9.03. The van der Waals surface area contributed by atoms with Crippen LogP contribution in [0, 0.1) is 10.1 Å². The highest BCUT2D eigenvalue weighted by molar-refractivity contribution is 6.33. The number of nitrogens with zero attached hydrogens (tertiary/aromatic N) is 1. The van der Waals surface area contributed by atoms with Crippen molar-refractivity contribution in [3.8, 4) is 11.3 Å². The Hall–Kier alpha value is -4.18. The second-order valence-electron chi connectivity index (χ2n) is 6.15. The predicted molar refractivity (Wildman–Crippen MR) is 110 cm³/mol. The molecule has 0 bridgehead atoms. The Bertz CT molecular complexity index is 1170. The molecule has 1 aromatic heterocycles. The van der Waals surface area contributed by atoms with Gasteiger partial charge in [0.25, 0.3) is 11.6 Å². The summed E-state index contributed by atoms with van der Waals surface area (Å²) < 4.78 is 10.3. The van der Waals surface area contributed by atoms with Crippen LogP contribution in [0.25, 0.3) is 11.3 Å². The molecule has 0 saturated heterocycles. The zero-order valence-corrected chi connectivity index (χ0v) is 16.4. The van der Waals surface area contributed by atoms with E-state index in [-0.39, 0.29) is 27.8 Å². The summed E-state index contributed by atoms with van der Waals surface area (Å²) in [5.74, 6) is -2.07. The van der Waals surface area contributed by atoms with Crippen LogP contribution in [-0.2, 0) is 9.53 Å². The molecule has 0 unspecified atom stereocenters. The molecule has 0 saturated carbocycles. The average Bonchev–Trinajstić information content (AvgIpc) is 3.22. The van der Waals surface area contributed by atoms with E-state index in [9.17, 15) is 24.5 Å². The van der Waals surface area contributed by atoms with Crippen molar-refractivity contribution in [1.29, 1.82) is 0 Å². The van der Waals surface area contributed by atoms with E-state index in [4.69, 9.17) is 26.5 Å². The smallest absolute Gasteiger partial charge is 0.374 e. The number of carbonyl (C=O) groups is 3. The maximum atomic E-state index is 12.1. The number of hydrogen-bond donors (Lipinski definition) is 2. The Balaban J connectivity index is 1.59. The van der Waals surface area contributed by atoms with E-state index < -0.39 is 29.3 Å². The fraction of sp³-hybridized carbons (Fsp3) is 0.0500. The topological polar surface area (TPSA) is 155 Å². The van der Waals surface area contributed by atoms with Gasteiger partial charge in [-0.25, -0.2) is 4.79 Å². The second-order valence-corrected chi connectivity index (χ2v) is 6.56. The number of nitro benzene ring substituents is 1. The van der Waals surface area contributed by atoms with Gasteiger partial charge in [0.1, 0.15) is 5.76 Å². The summed E-state index contributed by atoms with van der Waals surface area (Å²) in [5.41, 5.74) is 5.98. The number of hydrogen-bond acceptors (Lipinski definition) is 7. The lowest BCUT2D eigenvalue weighted by atomic mass is 10.1. The molecule has 31 heavy (non-hydrogen) atoms. The first-order valence-electron chi connectivity index (χ1n) is 8.65. The van der Waals surface area contributed by atoms with Crippen molar-refractivity contribution < 1.29 is 28.5 Å². The van der Waals surface area contributed by atoms with Crippen LogP contribution in [0.3, 0.4) is 0 Å². The number of carbonyl (C=O) groups excluding carboxylic acids is 3. The molecule has 3 N–H and O–H groups in total. The van der Waals surface area contributed by atoms with Crippen molar-refractivity contribution in [2.75, 3.05) is 11.9 Å². The van der Waals surface area contributed by atoms with Gasteiger partial charge in [0.2, 0.25) is 11.7 Å². The van der Waals surface area contributed by atoms with E-state index in [1.54, 1.807) is 0 Å². The van der Waals surface area contributed by atoms with Gasteiger partial charge in [0.05, 0.1) is 9.95 Å². The first kappa shape index (κ1) is 21.5. The molecule has 3 aromatic rings. The molecule has 1 heterocycles. The molecule has 11 heteroatoms. The predicted octanol–water partition coefficient (Wildman–Crippen LogP) is 3.40. The van der Waals surface area contributed by atoms with Gasteiger partial charge in [-0.05, 0) is 42.5 Å². The molecule has 0 fully saturated rings. The molecule has 2 amide bonds. The fourth-order valence-corrected chi connectivity index (χ4v) is 2.79. The van der Waals surface area contributed by atoms with Crippen LogP contribution >= 0.6 is 11.6 Å². The van der Waals surface area contributed by atoms with E-state index in [1.165, 1.54) is 48.5 Å². The van der Waals surface area contributed by atoms with Gasteiger partial charge >= 0.3 is 5.97 Å². The molecule has 0 spiro atoms. The number of anilines is 1. The van der Waals surface area contributed by atoms with Crippen LogP contribution in [0.15, 0.2) is 59.0 Å². The van der Waals surface area contributed by atoms with Crippen molar-refractivity contribution in [1.82, 2.24) is 0 Å². The van der Waals surface area contributed by atoms with Crippen molar-refractivity contribution in [2.45, 2.75) is 0 Å². The lowest BCUT2D eigenvalue weighted by Crippen LogP contribution is -2.20. The number of primary amides is 1. The van der Waals surface area contributed by atoms with Gasteiger partial charge in [0.15, 0.2) is 6.61 Å². The standard InChI is InChI=1S/C20H14ClN3O7/c21-15-9-13(24(28)29)5-6-14(15)16-7-8-17(31-16)20(27)30-10-18(25)23-12-3-1-11(2-4-12)19(22)26/h1-9H,10H2,(H2,22,26)(H,23,25). The minimum absolute atomic E-state index is 0.0743. The zero-order valence-electron chi connectivity index (χ0n) is 15.7. The number of rotatable bonds is 7. The van der Waals surface area contributed by atoms with Crippen LogP contribution in [0.1, 0.15) is 20.9 Å². The van der Waals surface area contributed by atoms with E-state index in [1.807, 2.05) is 0 Å². The van der Waals surface area contributed by atoms with Gasteiger partial charge < -0.3 is 20.2 Å². The molecule has 158 valence electrons. The van der Waals surface area contributed by atoms with Crippen LogP contribution in [0.4, 0.5) is 11.4 Å². The monoisotopic (exact) mass is 443 g/mol. The summed E-state index contributed by atoms with van der Waals surface area (Å²) in [7, 11) is 0. The minimum Gasteiger partial charge on any atom is -0.450 e. The average molecular weight is 444 g/mol. The van der Waals surface area contributed by atoms with Gasteiger partial charge in [-0.15, -0.1) is 0 Å². The zero-order chi connectivity index (χ0) is 22.5. The molecule has 10 nitrogen and oxygen atoms in total. The quantitative estimate of drug-likeness (QED) is 0.322. The van der Waals surface area contributed by atoms with Crippen molar-refractivity contribution in [2.24, 2.45) is 5.73 Å². The largest absolute Gasteiger partial charge is 0.450 e. The Kier molecular flexibility index (Phi) is 6.32. The SMILES string of the molecule is NC(=O)c1ccc(NC(=O)COC(=O)c2ccc(-c3ccc([N+](=O)[O-])cc3Cl)o2)cc1. The number of non-ortho nitro benzene ring substituents is 1. The molecule has 3 rings (SSSR count). The molecule has 0 aliphatic heterocycles. The summed E-state index contributed by atoms with van der Waals surface area (Å²) in [5, 5.41) is 13.4. The summed E-state index contributed by atoms with van der Waals surface area (Å²) in [6, 6.07) is 12.4. The number of amides is 2. The van der Waals surface area contributed by atoms with Gasteiger partial charge in [-0.2, -0.15) is 0 Å². The third-order valence-corrected chi connectivity index (χ3v) is 4.34. The summed E-state index contributed by atoms with van der Waals surface area (Å²) in [6.45, 7) is -0.579.